The first-order valence-electron chi connectivity index (χ1n) is 8.73. The third-order valence-electron chi connectivity index (χ3n) is 3.96. The molecule has 0 unspecified atom stereocenters. The highest BCUT2D eigenvalue weighted by Gasteiger charge is 2.18. The molecule has 0 saturated heterocycles. The lowest BCUT2D eigenvalue weighted by Gasteiger charge is -2.17. The molecule has 1 heterocycles. The van der Waals surface area contributed by atoms with Crippen LogP contribution in [0.3, 0.4) is 0 Å². The Balaban J connectivity index is 2.07. The molecule has 0 spiro atoms. The van der Waals surface area contributed by atoms with Gasteiger partial charge in [0.15, 0.2) is 5.82 Å². The predicted octanol–water partition coefficient (Wildman–Crippen LogP) is 4.76. The highest BCUT2D eigenvalue weighted by Crippen LogP contribution is 2.26. The van der Waals surface area contributed by atoms with Crippen LogP contribution >= 0.6 is 23.2 Å². The number of halogens is 3. The molecule has 2 N–H and O–H groups in total. The molecule has 3 aromatic rings. The van der Waals surface area contributed by atoms with Crippen molar-refractivity contribution in [3.63, 3.8) is 0 Å². The van der Waals surface area contributed by atoms with Crippen molar-refractivity contribution < 1.29 is 14.3 Å². The fraction of sp³-hybridized carbons (Fsp3) is 0.190. The summed E-state index contributed by atoms with van der Waals surface area (Å²) in [5.41, 5.74) is 0.700. The minimum absolute atomic E-state index is 0.0455. The standard InChI is InChI=1S/C21H18Cl2FN3O2/c1-21(2,29)11-25-20(28)18-10-17(12-3-6-14(22)7-4-12)26-19(27-18)13-5-8-16(24)15(23)9-13/h3-10,29H,11H2,1-2H3,(H,25,28). The number of aromatic nitrogens is 2. The highest BCUT2D eigenvalue weighted by molar-refractivity contribution is 6.31. The Hall–Kier alpha value is -2.54. The molecule has 8 heteroatoms. The number of carbonyl (C=O) groups is 1. The maximum atomic E-state index is 13.5. The average Bonchev–Trinajstić information content (AvgIpc) is 2.68. The highest BCUT2D eigenvalue weighted by atomic mass is 35.5. The van der Waals surface area contributed by atoms with Crippen LogP contribution in [0.2, 0.25) is 10.0 Å². The molecule has 0 saturated carbocycles. The smallest absolute Gasteiger partial charge is 0.270 e. The van der Waals surface area contributed by atoms with Gasteiger partial charge in [0.1, 0.15) is 11.5 Å². The minimum atomic E-state index is -1.07. The van der Waals surface area contributed by atoms with Crippen LogP contribution in [0, 0.1) is 5.82 Å². The molecule has 0 aliphatic rings. The van der Waals surface area contributed by atoms with E-state index < -0.39 is 17.3 Å². The number of hydrogen-bond acceptors (Lipinski definition) is 4. The van der Waals surface area contributed by atoms with E-state index in [-0.39, 0.29) is 23.1 Å². The maximum Gasteiger partial charge on any atom is 0.270 e. The number of aliphatic hydroxyl groups is 1. The second kappa shape index (κ2) is 8.45. The molecule has 2 aromatic carbocycles. The summed E-state index contributed by atoms with van der Waals surface area (Å²) in [6.45, 7) is 3.21. The summed E-state index contributed by atoms with van der Waals surface area (Å²) in [7, 11) is 0. The quantitative estimate of drug-likeness (QED) is 0.608. The SMILES string of the molecule is CC(C)(O)CNC(=O)c1cc(-c2ccc(Cl)cc2)nc(-c2ccc(F)c(Cl)c2)n1. The Morgan fingerprint density at radius 2 is 1.72 bits per heavy atom. The number of rotatable bonds is 5. The fourth-order valence-corrected chi connectivity index (χ4v) is 2.79. The van der Waals surface area contributed by atoms with Crippen LogP contribution in [0.5, 0.6) is 0 Å². The molecule has 0 atom stereocenters. The van der Waals surface area contributed by atoms with Gasteiger partial charge in [0.25, 0.3) is 5.91 Å². The first kappa shape index (κ1) is 21.2. The van der Waals surface area contributed by atoms with E-state index in [0.29, 0.717) is 16.3 Å². The number of nitrogens with zero attached hydrogens (tertiary/aromatic N) is 2. The molecular formula is C21H18Cl2FN3O2. The average molecular weight is 434 g/mol. The zero-order chi connectivity index (χ0) is 21.2. The third-order valence-corrected chi connectivity index (χ3v) is 4.50. The normalized spacial score (nSPS) is 11.4. The van der Waals surface area contributed by atoms with Gasteiger partial charge in [0.05, 0.1) is 16.3 Å². The van der Waals surface area contributed by atoms with E-state index in [1.807, 2.05) is 0 Å². The summed E-state index contributed by atoms with van der Waals surface area (Å²) in [5.74, 6) is -0.820. The van der Waals surface area contributed by atoms with Gasteiger partial charge in [-0.05, 0) is 50.2 Å². The summed E-state index contributed by atoms with van der Waals surface area (Å²) in [5, 5.41) is 13.0. The van der Waals surface area contributed by atoms with Gasteiger partial charge in [-0.1, -0.05) is 35.3 Å². The van der Waals surface area contributed by atoms with Gasteiger partial charge in [-0.2, -0.15) is 0 Å². The summed E-state index contributed by atoms with van der Waals surface area (Å²) in [4.78, 5) is 21.4. The lowest BCUT2D eigenvalue weighted by Crippen LogP contribution is -2.38. The molecular weight excluding hydrogens is 416 g/mol. The Morgan fingerprint density at radius 3 is 2.34 bits per heavy atom. The van der Waals surface area contributed by atoms with Crippen molar-refractivity contribution in [2.45, 2.75) is 19.4 Å². The van der Waals surface area contributed by atoms with Crippen molar-refractivity contribution in [3.05, 3.63) is 70.1 Å². The summed E-state index contributed by atoms with van der Waals surface area (Å²) in [6.07, 6.45) is 0. The second-order valence-electron chi connectivity index (χ2n) is 7.09. The van der Waals surface area contributed by atoms with Gasteiger partial charge in [-0.25, -0.2) is 14.4 Å². The Bertz CT molecular complexity index is 1050. The zero-order valence-corrected chi connectivity index (χ0v) is 17.2. The monoisotopic (exact) mass is 433 g/mol. The molecule has 0 aliphatic carbocycles. The maximum absolute atomic E-state index is 13.5. The van der Waals surface area contributed by atoms with E-state index >= 15 is 0 Å². The molecule has 150 valence electrons. The Labute approximate surface area is 177 Å². The van der Waals surface area contributed by atoms with Crippen LogP contribution in [0.15, 0.2) is 48.5 Å². The third kappa shape index (κ3) is 5.50. The Morgan fingerprint density at radius 1 is 1.07 bits per heavy atom. The van der Waals surface area contributed by atoms with Crippen LogP contribution in [0.25, 0.3) is 22.6 Å². The molecule has 1 amide bonds. The van der Waals surface area contributed by atoms with Crippen LogP contribution in [0.4, 0.5) is 4.39 Å². The molecule has 0 aliphatic heterocycles. The first-order valence-corrected chi connectivity index (χ1v) is 9.49. The number of hydrogen-bond donors (Lipinski definition) is 2. The van der Waals surface area contributed by atoms with Gasteiger partial charge in [-0.15, -0.1) is 0 Å². The van der Waals surface area contributed by atoms with Crippen LogP contribution in [0.1, 0.15) is 24.3 Å². The summed E-state index contributed by atoms with van der Waals surface area (Å²) in [6, 6.07) is 12.6. The second-order valence-corrected chi connectivity index (χ2v) is 7.94. The van der Waals surface area contributed by atoms with Crippen molar-refractivity contribution in [3.8, 4) is 22.6 Å². The van der Waals surface area contributed by atoms with Gasteiger partial charge >= 0.3 is 0 Å². The van der Waals surface area contributed by atoms with Crippen molar-refractivity contribution in [1.82, 2.24) is 15.3 Å². The lowest BCUT2D eigenvalue weighted by atomic mass is 10.1. The Kier molecular flexibility index (Phi) is 6.17. The van der Waals surface area contributed by atoms with E-state index in [2.05, 4.69) is 15.3 Å². The first-order chi connectivity index (χ1) is 13.6. The van der Waals surface area contributed by atoms with Crippen molar-refractivity contribution in [2.24, 2.45) is 0 Å². The van der Waals surface area contributed by atoms with Crippen LogP contribution < -0.4 is 5.32 Å². The molecule has 5 nitrogen and oxygen atoms in total. The van der Waals surface area contributed by atoms with Gasteiger partial charge in [0.2, 0.25) is 0 Å². The van der Waals surface area contributed by atoms with Crippen molar-refractivity contribution >= 4 is 29.1 Å². The van der Waals surface area contributed by atoms with Gasteiger partial charge in [0, 0.05) is 22.7 Å². The number of benzene rings is 2. The zero-order valence-electron chi connectivity index (χ0n) is 15.7. The lowest BCUT2D eigenvalue weighted by molar-refractivity contribution is 0.0692. The number of carbonyl (C=O) groups excluding carboxylic acids is 1. The van der Waals surface area contributed by atoms with E-state index in [4.69, 9.17) is 23.2 Å². The minimum Gasteiger partial charge on any atom is -0.389 e. The molecule has 1 aromatic heterocycles. The van der Waals surface area contributed by atoms with E-state index in [0.717, 1.165) is 5.56 Å². The van der Waals surface area contributed by atoms with Gasteiger partial charge in [-0.3, -0.25) is 4.79 Å². The topological polar surface area (TPSA) is 75.1 Å². The summed E-state index contributed by atoms with van der Waals surface area (Å²) >= 11 is 11.8. The number of amides is 1. The molecule has 3 rings (SSSR count). The van der Waals surface area contributed by atoms with E-state index in [9.17, 15) is 14.3 Å². The van der Waals surface area contributed by atoms with Gasteiger partial charge < -0.3 is 10.4 Å². The largest absolute Gasteiger partial charge is 0.389 e. The van der Waals surface area contributed by atoms with E-state index in [1.165, 1.54) is 24.3 Å². The van der Waals surface area contributed by atoms with Crippen molar-refractivity contribution in [2.75, 3.05) is 6.54 Å². The van der Waals surface area contributed by atoms with E-state index in [1.54, 1.807) is 38.1 Å². The fourth-order valence-electron chi connectivity index (χ4n) is 2.48. The number of nitrogens with one attached hydrogen (secondary N) is 1. The van der Waals surface area contributed by atoms with Crippen LogP contribution in [-0.2, 0) is 0 Å². The molecule has 29 heavy (non-hydrogen) atoms. The molecule has 0 radical (unpaired) electrons. The van der Waals surface area contributed by atoms with Crippen molar-refractivity contribution in [1.29, 1.82) is 0 Å². The molecule has 0 fully saturated rings. The predicted molar refractivity (Wildman–Crippen MR) is 112 cm³/mol. The summed E-state index contributed by atoms with van der Waals surface area (Å²) < 4.78 is 13.5. The van der Waals surface area contributed by atoms with Crippen LogP contribution in [-0.4, -0.2) is 33.1 Å². The molecule has 0 bridgehead atoms.